The third-order valence-electron chi connectivity index (χ3n) is 2.75. The molecule has 0 amide bonds. The molecule has 0 saturated carbocycles. The molecule has 2 rings (SSSR count). The van der Waals surface area contributed by atoms with Crippen LogP contribution in [0.1, 0.15) is 0 Å². The van der Waals surface area contributed by atoms with Crippen LogP contribution in [0.3, 0.4) is 0 Å². The Labute approximate surface area is 177 Å². The van der Waals surface area contributed by atoms with E-state index < -0.39 is 0 Å². The van der Waals surface area contributed by atoms with Crippen molar-refractivity contribution in [3.05, 3.63) is 50.1 Å². The van der Waals surface area contributed by atoms with Crippen molar-refractivity contribution in [2.24, 2.45) is 0 Å². The Morgan fingerprint density at radius 3 is 1.31 bits per heavy atom. The molecule has 2 aliphatic heterocycles. The first kappa shape index (κ1) is 21.1. The molecule has 0 N–H and O–H groups in total. The maximum absolute atomic E-state index is 8.98. The van der Waals surface area contributed by atoms with E-state index in [0.29, 0.717) is 0 Å². The summed E-state index contributed by atoms with van der Waals surface area (Å²) in [7, 11) is 0. The molecule has 128 valence electrons. The summed E-state index contributed by atoms with van der Waals surface area (Å²) < 4.78 is 4.25. The van der Waals surface area contributed by atoms with E-state index in [9.17, 15) is 0 Å². The van der Waals surface area contributed by atoms with E-state index in [1.54, 1.807) is 59.2 Å². The second-order valence-electron chi connectivity index (χ2n) is 4.26. The van der Waals surface area contributed by atoms with Crippen molar-refractivity contribution in [1.82, 2.24) is 0 Å². The minimum atomic E-state index is 0.0804. The van der Waals surface area contributed by atoms with Gasteiger partial charge in [0.15, 0.2) is 0 Å². The van der Waals surface area contributed by atoms with Crippen molar-refractivity contribution < 1.29 is 0 Å². The molecular formula is C16H8N4S6. The first-order valence-corrected chi connectivity index (χ1v) is 12.4. The second-order valence-corrected chi connectivity index (χ2v) is 11.1. The number of rotatable bonds is 4. The second kappa shape index (κ2) is 10.2. The summed E-state index contributed by atoms with van der Waals surface area (Å²) in [6.07, 6.45) is 7.16. The third kappa shape index (κ3) is 4.93. The molecule has 0 aromatic carbocycles. The van der Waals surface area contributed by atoms with Gasteiger partial charge in [0.05, 0.1) is 16.9 Å². The molecule has 26 heavy (non-hydrogen) atoms. The van der Waals surface area contributed by atoms with E-state index in [1.807, 2.05) is 36.8 Å². The summed E-state index contributed by atoms with van der Waals surface area (Å²) in [5, 5.41) is 35.9. The van der Waals surface area contributed by atoms with E-state index in [1.165, 1.54) is 23.5 Å². The smallest absolute Gasteiger partial charge is 0.130 e. The van der Waals surface area contributed by atoms with Crippen LogP contribution >= 0.6 is 70.6 Å². The quantitative estimate of drug-likeness (QED) is 0.470. The van der Waals surface area contributed by atoms with Gasteiger partial charge in [-0.2, -0.15) is 21.0 Å². The first-order chi connectivity index (χ1) is 12.6. The fourth-order valence-electron chi connectivity index (χ4n) is 1.66. The molecule has 0 fully saturated rings. The predicted molar refractivity (Wildman–Crippen MR) is 117 cm³/mol. The van der Waals surface area contributed by atoms with E-state index >= 15 is 0 Å². The molecule has 4 nitrogen and oxygen atoms in total. The highest BCUT2D eigenvalue weighted by molar-refractivity contribution is 8.40. The summed E-state index contributed by atoms with van der Waals surface area (Å²) in [5.74, 6) is 0. The average molecular weight is 449 g/mol. The summed E-state index contributed by atoms with van der Waals surface area (Å²) in [6, 6.07) is 7.57. The SMILES string of the molecule is CSC1=C(C=C(C#N)C#N)S/C(=C2/SC(C=C(C#N)C#N)=C(SC)S2)S1. The van der Waals surface area contributed by atoms with Crippen LogP contribution in [0.4, 0.5) is 0 Å². The van der Waals surface area contributed by atoms with Gasteiger partial charge in [0.25, 0.3) is 0 Å². The monoisotopic (exact) mass is 448 g/mol. The number of thioether (sulfide) groups is 6. The Morgan fingerprint density at radius 2 is 1.04 bits per heavy atom. The summed E-state index contributed by atoms with van der Waals surface area (Å²) in [6.45, 7) is 0. The van der Waals surface area contributed by atoms with Gasteiger partial charge in [-0.15, -0.1) is 23.5 Å². The number of nitrogens with zero attached hydrogens (tertiary/aromatic N) is 4. The van der Waals surface area contributed by atoms with E-state index in [2.05, 4.69) is 0 Å². The van der Waals surface area contributed by atoms with Crippen LogP contribution in [-0.4, -0.2) is 12.5 Å². The van der Waals surface area contributed by atoms with E-state index in [-0.39, 0.29) is 11.1 Å². The molecular weight excluding hydrogens is 441 g/mol. The zero-order valence-electron chi connectivity index (χ0n) is 13.4. The molecule has 0 atom stereocenters. The lowest BCUT2D eigenvalue weighted by Gasteiger charge is -2.01. The molecule has 0 aromatic rings. The number of hydrogen-bond donors (Lipinski definition) is 0. The molecule has 0 aromatic heterocycles. The largest absolute Gasteiger partial charge is 0.192 e. The van der Waals surface area contributed by atoms with Crippen molar-refractivity contribution in [2.75, 3.05) is 12.5 Å². The number of allylic oxidation sites excluding steroid dienone is 4. The molecule has 2 heterocycles. The highest BCUT2D eigenvalue weighted by atomic mass is 32.2. The Kier molecular flexibility index (Phi) is 8.25. The van der Waals surface area contributed by atoms with E-state index in [4.69, 9.17) is 21.0 Å². The van der Waals surface area contributed by atoms with Crippen LogP contribution < -0.4 is 0 Å². The van der Waals surface area contributed by atoms with Crippen molar-refractivity contribution in [1.29, 1.82) is 21.0 Å². The van der Waals surface area contributed by atoms with Crippen LogP contribution in [0.15, 0.2) is 50.1 Å². The van der Waals surface area contributed by atoms with Crippen LogP contribution in [0, 0.1) is 45.3 Å². The molecule has 0 spiro atoms. The highest BCUT2D eigenvalue weighted by Gasteiger charge is 2.28. The Hall–Kier alpha value is -1.24. The summed E-state index contributed by atoms with van der Waals surface area (Å²) in [4.78, 5) is 1.79. The zero-order chi connectivity index (χ0) is 19.1. The molecule has 10 heteroatoms. The van der Waals surface area contributed by atoms with Crippen LogP contribution in [0.5, 0.6) is 0 Å². The lowest BCUT2D eigenvalue weighted by molar-refractivity contribution is 1.46. The van der Waals surface area contributed by atoms with Gasteiger partial charge in [0.1, 0.15) is 35.4 Å². The van der Waals surface area contributed by atoms with Gasteiger partial charge in [0, 0.05) is 9.81 Å². The Bertz CT molecular complexity index is 847. The molecule has 0 aliphatic carbocycles. The first-order valence-electron chi connectivity index (χ1n) is 6.66. The van der Waals surface area contributed by atoms with Gasteiger partial charge in [-0.05, 0) is 24.7 Å². The minimum absolute atomic E-state index is 0.0804. The van der Waals surface area contributed by atoms with Gasteiger partial charge in [-0.25, -0.2) is 0 Å². The van der Waals surface area contributed by atoms with Crippen LogP contribution in [-0.2, 0) is 0 Å². The third-order valence-corrected chi connectivity index (χ3v) is 10.9. The fourth-order valence-corrected chi connectivity index (χ4v) is 9.20. The molecule has 2 aliphatic rings. The Balaban J connectivity index is 2.31. The fraction of sp³-hybridized carbons (Fsp3) is 0.125. The minimum Gasteiger partial charge on any atom is -0.192 e. The molecule has 0 unspecified atom stereocenters. The van der Waals surface area contributed by atoms with Crippen molar-refractivity contribution in [2.45, 2.75) is 0 Å². The standard InChI is InChI=1S/C16H8N4S6/c1-21-13-11(3-9(5-17)6-18)23-15(25-13)16-24-12(14(22-2)26-16)4-10(7-19)8-20/h3-4H,1-2H3/b16-15+. The maximum Gasteiger partial charge on any atom is 0.130 e. The van der Waals surface area contributed by atoms with Gasteiger partial charge in [-0.3, -0.25) is 0 Å². The Morgan fingerprint density at radius 1 is 0.692 bits per heavy atom. The van der Waals surface area contributed by atoms with Gasteiger partial charge < -0.3 is 0 Å². The number of hydrogen-bond acceptors (Lipinski definition) is 10. The predicted octanol–water partition coefficient (Wildman–Crippen LogP) is 6.08. The summed E-state index contributed by atoms with van der Waals surface area (Å²) >= 11 is 9.47. The molecule has 0 bridgehead atoms. The lowest BCUT2D eigenvalue weighted by atomic mass is 10.3. The van der Waals surface area contributed by atoms with Gasteiger partial charge >= 0.3 is 0 Å². The zero-order valence-corrected chi connectivity index (χ0v) is 18.3. The molecule has 0 saturated heterocycles. The molecule has 0 radical (unpaired) electrons. The number of nitriles is 4. The van der Waals surface area contributed by atoms with Crippen molar-refractivity contribution in [3.8, 4) is 24.3 Å². The van der Waals surface area contributed by atoms with Crippen LogP contribution in [0.25, 0.3) is 0 Å². The summed E-state index contributed by atoms with van der Waals surface area (Å²) in [5.41, 5.74) is 0.161. The highest BCUT2D eigenvalue weighted by Crippen LogP contribution is 2.63. The lowest BCUT2D eigenvalue weighted by Crippen LogP contribution is -1.75. The van der Waals surface area contributed by atoms with Gasteiger partial charge in [0.2, 0.25) is 0 Å². The van der Waals surface area contributed by atoms with Crippen molar-refractivity contribution in [3.63, 3.8) is 0 Å². The van der Waals surface area contributed by atoms with Crippen molar-refractivity contribution >= 4 is 70.6 Å². The van der Waals surface area contributed by atoms with E-state index in [0.717, 1.165) is 26.8 Å². The normalized spacial score (nSPS) is 18.7. The topological polar surface area (TPSA) is 95.2 Å². The maximum atomic E-state index is 8.98. The van der Waals surface area contributed by atoms with Gasteiger partial charge in [-0.1, -0.05) is 47.0 Å². The van der Waals surface area contributed by atoms with Crippen LogP contribution in [0.2, 0.25) is 0 Å². The average Bonchev–Trinajstić information content (AvgIpc) is 3.27.